The van der Waals surface area contributed by atoms with Gasteiger partial charge >= 0.3 is 0 Å². The Kier molecular flexibility index (Phi) is 3.52. The number of anilines is 2. The molecule has 0 atom stereocenters. The lowest BCUT2D eigenvalue weighted by Gasteiger charge is -2.13. The predicted octanol–water partition coefficient (Wildman–Crippen LogP) is 2.39. The lowest BCUT2D eigenvalue weighted by molar-refractivity contribution is 0.100. The zero-order valence-electron chi connectivity index (χ0n) is 12.1. The molecule has 1 heterocycles. The number of hydrogen-bond donors (Lipinski definition) is 2. The van der Waals surface area contributed by atoms with Crippen molar-refractivity contribution in [1.29, 1.82) is 0 Å². The summed E-state index contributed by atoms with van der Waals surface area (Å²) in [5.74, 6) is -0.404. The van der Waals surface area contributed by atoms with Gasteiger partial charge in [0.15, 0.2) is 0 Å². The largest absolute Gasteiger partial charge is 0.381 e. The first-order valence-corrected chi connectivity index (χ1v) is 7.10. The lowest BCUT2D eigenvalue weighted by atomic mass is 10.1. The number of primary amides is 1. The third-order valence-electron chi connectivity index (χ3n) is 3.92. The number of rotatable bonds is 4. The van der Waals surface area contributed by atoms with Gasteiger partial charge in [0.25, 0.3) is 0 Å². The highest BCUT2D eigenvalue weighted by Crippen LogP contribution is 2.27. The van der Waals surface area contributed by atoms with Gasteiger partial charge in [-0.05, 0) is 41.8 Å². The highest BCUT2D eigenvalue weighted by atomic mass is 16.1. The van der Waals surface area contributed by atoms with Crippen molar-refractivity contribution in [2.24, 2.45) is 5.73 Å². The molecule has 1 amide bonds. The minimum Gasteiger partial charge on any atom is -0.381 e. The molecule has 4 heteroatoms. The number of likely N-dealkylation sites (N-methyl/N-ethyl adjacent to an activating group) is 1. The monoisotopic (exact) mass is 281 g/mol. The molecular weight excluding hydrogens is 262 g/mol. The Bertz CT molecular complexity index is 681. The molecule has 0 saturated heterocycles. The van der Waals surface area contributed by atoms with E-state index in [1.807, 2.05) is 12.1 Å². The molecule has 21 heavy (non-hydrogen) atoms. The Morgan fingerprint density at radius 2 is 2.14 bits per heavy atom. The maximum absolute atomic E-state index is 11.2. The summed E-state index contributed by atoms with van der Waals surface area (Å²) >= 11 is 0. The third kappa shape index (κ3) is 2.84. The van der Waals surface area contributed by atoms with Gasteiger partial charge in [0.1, 0.15) is 0 Å². The van der Waals surface area contributed by atoms with Crippen LogP contribution in [0.5, 0.6) is 0 Å². The third-order valence-corrected chi connectivity index (χ3v) is 3.92. The fraction of sp³-hybridized carbons (Fsp3) is 0.235. The van der Waals surface area contributed by atoms with Crippen LogP contribution in [0.1, 0.15) is 21.5 Å². The zero-order valence-corrected chi connectivity index (χ0v) is 12.1. The quantitative estimate of drug-likeness (QED) is 0.904. The summed E-state index contributed by atoms with van der Waals surface area (Å²) < 4.78 is 0. The fourth-order valence-electron chi connectivity index (χ4n) is 2.72. The molecule has 0 unspecified atom stereocenters. The highest BCUT2D eigenvalue weighted by Gasteiger charge is 2.15. The smallest absolute Gasteiger partial charge is 0.248 e. The number of hydrogen-bond acceptors (Lipinski definition) is 3. The minimum atomic E-state index is -0.404. The van der Waals surface area contributed by atoms with E-state index in [0.29, 0.717) is 5.56 Å². The van der Waals surface area contributed by atoms with E-state index in [0.717, 1.165) is 25.2 Å². The lowest BCUT2D eigenvalue weighted by Crippen LogP contribution is -2.12. The van der Waals surface area contributed by atoms with Crippen LogP contribution in [0.25, 0.3) is 0 Å². The van der Waals surface area contributed by atoms with E-state index in [1.54, 1.807) is 12.1 Å². The Morgan fingerprint density at radius 3 is 2.95 bits per heavy atom. The van der Waals surface area contributed by atoms with Gasteiger partial charge in [-0.15, -0.1) is 0 Å². The molecule has 0 aromatic heterocycles. The average Bonchev–Trinajstić information content (AvgIpc) is 2.86. The molecule has 0 radical (unpaired) electrons. The van der Waals surface area contributed by atoms with Crippen LogP contribution in [-0.4, -0.2) is 19.5 Å². The van der Waals surface area contributed by atoms with Gasteiger partial charge in [-0.3, -0.25) is 4.79 Å². The Labute approximate surface area is 124 Å². The zero-order chi connectivity index (χ0) is 14.8. The van der Waals surface area contributed by atoms with Gasteiger partial charge < -0.3 is 16.0 Å². The number of nitrogens with two attached hydrogens (primary N) is 1. The van der Waals surface area contributed by atoms with E-state index in [-0.39, 0.29) is 0 Å². The van der Waals surface area contributed by atoms with E-state index in [1.165, 1.54) is 16.8 Å². The van der Waals surface area contributed by atoms with Crippen molar-refractivity contribution in [1.82, 2.24) is 0 Å². The van der Waals surface area contributed by atoms with Crippen molar-refractivity contribution in [2.45, 2.75) is 13.0 Å². The Hall–Kier alpha value is -2.49. The maximum atomic E-state index is 11.2. The predicted molar refractivity (Wildman–Crippen MR) is 85.7 cm³/mol. The van der Waals surface area contributed by atoms with Crippen molar-refractivity contribution in [3.8, 4) is 0 Å². The topological polar surface area (TPSA) is 58.4 Å². The van der Waals surface area contributed by atoms with Gasteiger partial charge in [-0.2, -0.15) is 0 Å². The highest BCUT2D eigenvalue weighted by molar-refractivity contribution is 5.93. The Balaban J connectivity index is 1.71. The number of carbonyl (C=O) groups is 1. The standard InChI is InChI=1S/C17H19N3O/c1-20-8-7-13-9-12(5-6-16(13)20)11-19-15-4-2-3-14(10-15)17(18)21/h2-6,9-10,19H,7-8,11H2,1H3,(H2,18,21). The van der Waals surface area contributed by atoms with Crippen LogP contribution >= 0.6 is 0 Å². The fourth-order valence-corrected chi connectivity index (χ4v) is 2.72. The van der Waals surface area contributed by atoms with Crippen molar-refractivity contribution in [3.05, 3.63) is 59.2 Å². The summed E-state index contributed by atoms with van der Waals surface area (Å²) in [6, 6.07) is 13.9. The van der Waals surface area contributed by atoms with Crippen LogP contribution in [0, 0.1) is 0 Å². The number of amides is 1. The molecule has 3 rings (SSSR count). The molecule has 0 bridgehead atoms. The molecule has 0 aliphatic carbocycles. The number of nitrogens with zero attached hydrogens (tertiary/aromatic N) is 1. The summed E-state index contributed by atoms with van der Waals surface area (Å²) in [5, 5.41) is 3.34. The van der Waals surface area contributed by atoms with Gasteiger partial charge in [0.05, 0.1) is 0 Å². The van der Waals surface area contributed by atoms with E-state index in [4.69, 9.17) is 5.73 Å². The van der Waals surface area contributed by atoms with Crippen molar-refractivity contribution in [3.63, 3.8) is 0 Å². The average molecular weight is 281 g/mol. The van der Waals surface area contributed by atoms with Crippen LogP contribution < -0.4 is 16.0 Å². The molecule has 4 nitrogen and oxygen atoms in total. The molecule has 0 saturated carbocycles. The SMILES string of the molecule is CN1CCc2cc(CNc3cccc(C(N)=O)c3)ccc21. The van der Waals surface area contributed by atoms with Crippen LogP contribution in [0.15, 0.2) is 42.5 Å². The van der Waals surface area contributed by atoms with Crippen LogP contribution in [-0.2, 0) is 13.0 Å². The first kappa shape index (κ1) is 13.5. The molecule has 108 valence electrons. The number of carbonyl (C=O) groups excluding carboxylic acids is 1. The van der Waals surface area contributed by atoms with Crippen molar-refractivity contribution in [2.75, 3.05) is 23.8 Å². The van der Waals surface area contributed by atoms with Gasteiger partial charge in [0, 0.05) is 37.1 Å². The molecule has 1 aliphatic heterocycles. The summed E-state index contributed by atoms with van der Waals surface area (Å²) in [6.45, 7) is 1.83. The minimum absolute atomic E-state index is 0.404. The molecule has 2 aromatic rings. The number of nitrogens with one attached hydrogen (secondary N) is 1. The van der Waals surface area contributed by atoms with Crippen LogP contribution in [0.2, 0.25) is 0 Å². The first-order chi connectivity index (χ1) is 10.1. The molecule has 2 aromatic carbocycles. The van der Waals surface area contributed by atoms with Crippen LogP contribution in [0.3, 0.4) is 0 Å². The summed E-state index contributed by atoms with van der Waals surface area (Å²) in [6.07, 6.45) is 1.11. The van der Waals surface area contributed by atoms with Crippen molar-refractivity contribution < 1.29 is 4.79 Å². The molecule has 3 N–H and O–H groups in total. The van der Waals surface area contributed by atoms with Gasteiger partial charge in [-0.25, -0.2) is 0 Å². The molecular formula is C17H19N3O. The molecule has 1 aliphatic rings. The molecule has 0 spiro atoms. The van der Waals surface area contributed by atoms with E-state index in [2.05, 4.69) is 35.5 Å². The van der Waals surface area contributed by atoms with E-state index >= 15 is 0 Å². The molecule has 0 fully saturated rings. The summed E-state index contributed by atoms with van der Waals surface area (Å²) in [5.41, 5.74) is 10.7. The first-order valence-electron chi connectivity index (χ1n) is 7.10. The van der Waals surface area contributed by atoms with Crippen LogP contribution in [0.4, 0.5) is 11.4 Å². The summed E-state index contributed by atoms with van der Waals surface area (Å²) in [7, 11) is 2.12. The van der Waals surface area contributed by atoms with E-state index in [9.17, 15) is 4.79 Å². The second-order valence-corrected chi connectivity index (χ2v) is 5.43. The number of fused-ring (bicyclic) bond motifs is 1. The second-order valence-electron chi connectivity index (χ2n) is 5.43. The number of benzene rings is 2. The van der Waals surface area contributed by atoms with E-state index < -0.39 is 5.91 Å². The van der Waals surface area contributed by atoms with Gasteiger partial charge in [0.2, 0.25) is 5.91 Å². The summed E-state index contributed by atoms with van der Waals surface area (Å²) in [4.78, 5) is 13.5. The second kappa shape index (κ2) is 5.48. The van der Waals surface area contributed by atoms with Crippen molar-refractivity contribution >= 4 is 17.3 Å². The maximum Gasteiger partial charge on any atom is 0.248 e. The van der Waals surface area contributed by atoms with Gasteiger partial charge in [-0.1, -0.05) is 18.2 Å². The normalized spacial score (nSPS) is 13.1. The Morgan fingerprint density at radius 1 is 1.29 bits per heavy atom.